The molecule has 4 aromatic rings. The molecule has 0 fully saturated rings. The molecule has 2 heterocycles. The maximum absolute atomic E-state index is 13.0. The minimum absolute atomic E-state index is 0.125. The van der Waals surface area contributed by atoms with Crippen LogP contribution in [0, 0.1) is 13.8 Å². The first-order valence-electron chi connectivity index (χ1n) is 10.3. The summed E-state index contributed by atoms with van der Waals surface area (Å²) in [6.07, 6.45) is 1.74. The summed E-state index contributed by atoms with van der Waals surface area (Å²) in [5, 5.41) is 12.2. The van der Waals surface area contributed by atoms with E-state index in [2.05, 4.69) is 15.7 Å². The summed E-state index contributed by atoms with van der Waals surface area (Å²) in [7, 11) is 0. The number of aryl methyl sites for hydroxylation is 2. The topological polar surface area (TPSA) is 76.0 Å². The molecule has 0 unspecified atom stereocenters. The lowest BCUT2D eigenvalue weighted by Crippen LogP contribution is -2.33. The van der Waals surface area contributed by atoms with Crippen LogP contribution in [0.1, 0.15) is 27.0 Å². The molecule has 2 aromatic heterocycles. The van der Waals surface area contributed by atoms with E-state index in [0.29, 0.717) is 17.8 Å². The minimum Gasteiger partial charge on any atom is -0.343 e. The maximum atomic E-state index is 13.0. The summed E-state index contributed by atoms with van der Waals surface area (Å²) in [6.45, 7) is 4.31. The second kappa shape index (κ2) is 9.62. The molecule has 0 saturated heterocycles. The van der Waals surface area contributed by atoms with Gasteiger partial charge in [-0.3, -0.25) is 14.3 Å². The number of carbonyl (C=O) groups excluding carboxylic acids is 2. The van der Waals surface area contributed by atoms with Crippen LogP contribution in [0.15, 0.2) is 72.2 Å². The van der Waals surface area contributed by atoms with Crippen LogP contribution >= 0.6 is 11.3 Å². The first-order chi connectivity index (χ1) is 15.5. The Bertz CT molecular complexity index is 1210. The zero-order valence-corrected chi connectivity index (χ0v) is 18.8. The quantitative estimate of drug-likeness (QED) is 0.436. The van der Waals surface area contributed by atoms with Crippen molar-refractivity contribution in [3.05, 3.63) is 94.5 Å². The van der Waals surface area contributed by atoms with Crippen molar-refractivity contribution in [3.8, 4) is 10.6 Å². The van der Waals surface area contributed by atoms with Gasteiger partial charge in [-0.1, -0.05) is 54.6 Å². The lowest BCUT2D eigenvalue weighted by molar-refractivity contribution is -0.115. The van der Waals surface area contributed by atoms with Crippen LogP contribution in [-0.2, 0) is 11.3 Å². The second-order valence-corrected chi connectivity index (χ2v) is 8.50. The Morgan fingerprint density at radius 1 is 0.969 bits per heavy atom. The normalized spacial score (nSPS) is 10.7. The Labute approximate surface area is 190 Å². The van der Waals surface area contributed by atoms with E-state index in [1.54, 1.807) is 10.9 Å². The van der Waals surface area contributed by atoms with E-state index < -0.39 is 0 Å². The number of carbonyl (C=O) groups is 2. The molecule has 4 rings (SSSR count). The predicted molar refractivity (Wildman–Crippen MR) is 128 cm³/mol. The zero-order chi connectivity index (χ0) is 22.5. The van der Waals surface area contributed by atoms with Gasteiger partial charge >= 0.3 is 0 Å². The number of benzene rings is 2. The van der Waals surface area contributed by atoms with Crippen molar-refractivity contribution >= 4 is 28.8 Å². The molecule has 0 saturated carbocycles. The van der Waals surface area contributed by atoms with Gasteiger partial charge in [0.1, 0.15) is 5.69 Å². The van der Waals surface area contributed by atoms with Gasteiger partial charge in [-0.05, 0) is 42.0 Å². The fourth-order valence-electron chi connectivity index (χ4n) is 3.49. The summed E-state index contributed by atoms with van der Waals surface area (Å²) in [6, 6.07) is 19.6. The molecule has 0 aliphatic heterocycles. The monoisotopic (exact) mass is 444 g/mol. The van der Waals surface area contributed by atoms with Crippen molar-refractivity contribution in [2.45, 2.75) is 20.4 Å². The van der Waals surface area contributed by atoms with Gasteiger partial charge in [0.05, 0.1) is 23.5 Å². The summed E-state index contributed by atoms with van der Waals surface area (Å²) in [4.78, 5) is 26.4. The van der Waals surface area contributed by atoms with E-state index >= 15 is 0 Å². The van der Waals surface area contributed by atoms with Gasteiger partial charge in [0.2, 0.25) is 5.91 Å². The van der Waals surface area contributed by atoms with Crippen molar-refractivity contribution in [1.29, 1.82) is 0 Å². The van der Waals surface area contributed by atoms with Crippen LogP contribution < -0.4 is 10.6 Å². The maximum Gasteiger partial charge on any atom is 0.255 e. The third-order valence-corrected chi connectivity index (χ3v) is 5.98. The molecule has 0 radical (unpaired) electrons. The van der Waals surface area contributed by atoms with E-state index in [0.717, 1.165) is 27.3 Å². The van der Waals surface area contributed by atoms with Crippen molar-refractivity contribution in [3.63, 3.8) is 0 Å². The molecule has 2 aromatic carbocycles. The molecule has 0 aliphatic rings. The van der Waals surface area contributed by atoms with Gasteiger partial charge in [-0.25, -0.2) is 0 Å². The van der Waals surface area contributed by atoms with Crippen molar-refractivity contribution < 1.29 is 9.59 Å². The molecule has 162 valence electrons. The van der Waals surface area contributed by atoms with Crippen LogP contribution in [0.3, 0.4) is 0 Å². The van der Waals surface area contributed by atoms with E-state index in [9.17, 15) is 9.59 Å². The molecule has 0 bridgehead atoms. The van der Waals surface area contributed by atoms with E-state index in [4.69, 9.17) is 0 Å². The minimum atomic E-state index is -0.329. The molecular formula is C25H24N4O2S. The first-order valence-corrected chi connectivity index (χ1v) is 11.2. The van der Waals surface area contributed by atoms with Crippen molar-refractivity contribution in [2.24, 2.45) is 0 Å². The SMILES string of the molecule is Cc1cccc(C)c1NC(=O)CNC(=O)c1cn(Cc2ccccc2)nc1-c1cccs1. The number of nitrogens with zero attached hydrogens (tertiary/aromatic N) is 2. The number of amides is 2. The Hall–Kier alpha value is -3.71. The Morgan fingerprint density at radius 2 is 1.72 bits per heavy atom. The van der Waals surface area contributed by atoms with Crippen molar-refractivity contribution in [1.82, 2.24) is 15.1 Å². The Kier molecular flexibility index (Phi) is 6.47. The highest BCUT2D eigenvalue weighted by molar-refractivity contribution is 7.13. The highest BCUT2D eigenvalue weighted by Gasteiger charge is 2.19. The number of nitrogens with one attached hydrogen (secondary N) is 2. The van der Waals surface area contributed by atoms with Gasteiger partial charge < -0.3 is 10.6 Å². The molecule has 6 nitrogen and oxygen atoms in total. The van der Waals surface area contributed by atoms with Crippen LogP contribution in [0.2, 0.25) is 0 Å². The van der Waals surface area contributed by atoms with Gasteiger partial charge in [0.25, 0.3) is 5.91 Å². The first kappa shape index (κ1) is 21.5. The number of anilines is 1. The Balaban J connectivity index is 1.49. The summed E-state index contributed by atoms with van der Waals surface area (Å²) < 4.78 is 1.76. The highest BCUT2D eigenvalue weighted by atomic mass is 32.1. The number of thiophene rings is 1. The summed E-state index contributed by atoms with van der Waals surface area (Å²) in [5.41, 5.74) is 4.89. The third kappa shape index (κ3) is 4.95. The lowest BCUT2D eigenvalue weighted by atomic mass is 10.1. The molecule has 0 atom stereocenters. The second-order valence-electron chi connectivity index (χ2n) is 7.55. The number of para-hydroxylation sites is 1. The van der Waals surface area contributed by atoms with Crippen LogP contribution in [-0.4, -0.2) is 28.1 Å². The average molecular weight is 445 g/mol. The zero-order valence-electron chi connectivity index (χ0n) is 18.0. The Morgan fingerprint density at radius 3 is 2.41 bits per heavy atom. The number of aromatic nitrogens is 2. The standard InChI is InChI=1S/C25H24N4O2S/c1-17-8-6-9-18(2)23(17)27-22(30)14-26-25(31)20-16-29(15-19-10-4-3-5-11-19)28-24(20)21-12-7-13-32-21/h3-13,16H,14-15H2,1-2H3,(H,26,31)(H,27,30). The van der Waals surface area contributed by atoms with Crippen LogP contribution in [0.4, 0.5) is 5.69 Å². The lowest BCUT2D eigenvalue weighted by Gasteiger charge is -2.11. The average Bonchev–Trinajstić information content (AvgIpc) is 3.45. The van der Waals surface area contributed by atoms with E-state index in [-0.39, 0.29) is 18.4 Å². The summed E-state index contributed by atoms with van der Waals surface area (Å²) in [5.74, 6) is -0.602. The smallest absolute Gasteiger partial charge is 0.255 e. The third-order valence-electron chi connectivity index (χ3n) is 5.10. The van der Waals surface area contributed by atoms with Crippen LogP contribution in [0.5, 0.6) is 0 Å². The highest BCUT2D eigenvalue weighted by Crippen LogP contribution is 2.27. The van der Waals surface area contributed by atoms with Gasteiger partial charge in [-0.15, -0.1) is 11.3 Å². The van der Waals surface area contributed by atoms with E-state index in [1.807, 2.05) is 79.9 Å². The fraction of sp³-hybridized carbons (Fsp3) is 0.160. The van der Waals surface area contributed by atoms with Crippen LogP contribution in [0.25, 0.3) is 10.6 Å². The largest absolute Gasteiger partial charge is 0.343 e. The molecule has 2 amide bonds. The molecule has 0 aliphatic carbocycles. The van der Waals surface area contributed by atoms with E-state index in [1.165, 1.54) is 11.3 Å². The molecule has 7 heteroatoms. The molecule has 0 spiro atoms. The molecular weight excluding hydrogens is 420 g/mol. The summed E-state index contributed by atoms with van der Waals surface area (Å²) >= 11 is 1.52. The van der Waals surface area contributed by atoms with Crippen molar-refractivity contribution in [2.75, 3.05) is 11.9 Å². The fourth-order valence-corrected chi connectivity index (χ4v) is 4.21. The van der Waals surface area contributed by atoms with Gasteiger partial charge in [0.15, 0.2) is 0 Å². The predicted octanol–water partition coefficient (Wildman–Crippen LogP) is 4.65. The molecule has 32 heavy (non-hydrogen) atoms. The molecule has 2 N–H and O–H groups in total. The number of hydrogen-bond donors (Lipinski definition) is 2. The van der Waals surface area contributed by atoms with Gasteiger partial charge in [-0.2, -0.15) is 5.10 Å². The van der Waals surface area contributed by atoms with Gasteiger partial charge in [0, 0.05) is 11.9 Å². The number of hydrogen-bond acceptors (Lipinski definition) is 4. The number of rotatable bonds is 7.